The van der Waals surface area contributed by atoms with Crippen LogP contribution in [0.1, 0.15) is 15.9 Å². The molecule has 0 fully saturated rings. The van der Waals surface area contributed by atoms with Gasteiger partial charge in [0, 0.05) is 5.56 Å². The molecule has 0 atom stereocenters. The van der Waals surface area contributed by atoms with Gasteiger partial charge in [-0.25, -0.2) is 9.18 Å². The summed E-state index contributed by atoms with van der Waals surface area (Å²) < 4.78 is 17.8. The van der Waals surface area contributed by atoms with Gasteiger partial charge in [-0.3, -0.25) is 0 Å². The molecule has 0 bridgehead atoms. The van der Waals surface area contributed by atoms with Gasteiger partial charge in [-0.15, -0.1) is 0 Å². The van der Waals surface area contributed by atoms with Gasteiger partial charge < -0.3 is 10.1 Å². The number of hydrogen-bond acceptors (Lipinski definition) is 3. The summed E-state index contributed by atoms with van der Waals surface area (Å²) in [5.74, 6) is 4.25. The van der Waals surface area contributed by atoms with E-state index in [1.807, 2.05) is 0 Å². The van der Waals surface area contributed by atoms with Crippen molar-refractivity contribution in [2.75, 3.05) is 20.7 Å². The third kappa shape index (κ3) is 3.07. The molecule has 0 saturated heterocycles. The number of carbonyl (C=O) groups excluding carboxylic acids is 1. The molecule has 16 heavy (non-hydrogen) atoms. The van der Waals surface area contributed by atoms with Crippen LogP contribution in [0.3, 0.4) is 0 Å². The third-order valence-electron chi connectivity index (χ3n) is 1.87. The smallest absolute Gasteiger partial charge is 0.340 e. The highest BCUT2D eigenvalue weighted by molar-refractivity contribution is 5.89. The summed E-state index contributed by atoms with van der Waals surface area (Å²) in [6.07, 6.45) is 0. The lowest BCUT2D eigenvalue weighted by molar-refractivity contribution is 0.0595. The minimum atomic E-state index is -0.688. The van der Waals surface area contributed by atoms with E-state index in [0.717, 1.165) is 0 Å². The molecule has 0 aromatic heterocycles. The van der Waals surface area contributed by atoms with Gasteiger partial charge >= 0.3 is 5.97 Å². The molecular weight excluding hydrogens is 209 g/mol. The van der Waals surface area contributed by atoms with Crippen LogP contribution < -0.4 is 5.32 Å². The molecule has 0 aliphatic rings. The van der Waals surface area contributed by atoms with Crippen LogP contribution in [0.5, 0.6) is 0 Å². The van der Waals surface area contributed by atoms with E-state index in [1.165, 1.54) is 19.2 Å². The van der Waals surface area contributed by atoms with E-state index < -0.39 is 11.8 Å². The van der Waals surface area contributed by atoms with E-state index in [1.54, 1.807) is 13.1 Å². The Balaban J connectivity index is 2.92. The molecule has 3 nitrogen and oxygen atoms in total. The number of methoxy groups -OCH3 is 1. The molecule has 1 rings (SSSR count). The SMILES string of the molecule is CNCC#Cc1ccc(C(=O)OC)c(F)c1. The van der Waals surface area contributed by atoms with Crippen molar-refractivity contribution in [1.29, 1.82) is 0 Å². The van der Waals surface area contributed by atoms with Crippen LogP contribution in [0, 0.1) is 17.7 Å². The van der Waals surface area contributed by atoms with Crippen molar-refractivity contribution in [1.82, 2.24) is 5.32 Å². The number of ether oxygens (including phenoxy) is 1. The number of nitrogens with one attached hydrogen (secondary N) is 1. The van der Waals surface area contributed by atoms with E-state index in [2.05, 4.69) is 21.9 Å². The predicted molar refractivity (Wildman–Crippen MR) is 58.5 cm³/mol. The van der Waals surface area contributed by atoms with Crippen molar-refractivity contribution in [3.63, 3.8) is 0 Å². The Bertz CT molecular complexity index is 446. The highest BCUT2D eigenvalue weighted by Crippen LogP contribution is 2.10. The zero-order valence-corrected chi connectivity index (χ0v) is 9.13. The Morgan fingerprint density at radius 3 is 2.88 bits per heavy atom. The Morgan fingerprint density at radius 2 is 2.31 bits per heavy atom. The molecule has 0 spiro atoms. The van der Waals surface area contributed by atoms with Gasteiger partial charge in [0.15, 0.2) is 0 Å². The molecule has 0 aliphatic carbocycles. The summed E-state index contributed by atoms with van der Waals surface area (Å²) in [5.41, 5.74) is 0.446. The number of hydrogen-bond donors (Lipinski definition) is 1. The maximum atomic E-state index is 13.4. The van der Waals surface area contributed by atoms with Crippen molar-refractivity contribution in [2.24, 2.45) is 0 Å². The van der Waals surface area contributed by atoms with Crippen LogP contribution in [-0.2, 0) is 4.74 Å². The minimum Gasteiger partial charge on any atom is -0.465 e. The molecule has 0 heterocycles. The van der Waals surface area contributed by atoms with E-state index >= 15 is 0 Å². The lowest BCUT2D eigenvalue weighted by Gasteiger charge is -2.00. The molecule has 1 aromatic carbocycles. The fourth-order valence-corrected chi connectivity index (χ4v) is 1.10. The van der Waals surface area contributed by atoms with Gasteiger partial charge in [0.25, 0.3) is 0 Å². The van der Waals surface area contributed by atoms with Crippen molar-refractivity contribution in [2.45, 2.75) is 0 Å². The van der Waals surface area contributed by atoms with Crippen molar-refractivity contribution < 1.29 is 13.9 Å². The fraction of sp³-hybridized carbons (Fsp3) is 0.250. The standard InChI is InChI=1S/C12H12FNO2/c1-14-7-3-4-9-5-6-10(11(13)8-9)12(15)16-2/h5-6,8,14H,7H2,1-2H3. The van der Waals surface area contributed by atoms with E-state index in [4.69, 9.17) is 0 Å². The van der Waals surface area contributed by atoms with Crippen LogP contribution >= 0.6 is 0 Å². The second-order valence-corrected chi connectivity index (χ2v) is 3.02. The van der Waals surface area contributed by atoms with Crippen LogP contribution in [0.25, 0.3) is 0 Å². The maximum Gasteiger partial charge on any atom is 0.340 e. The van der Waals surface area contributed by atoms with E-state index in [0.29, 0.717) is 12.1 Å². The maximum absolute atomic E-state index is 13.4. The molecule has 84 valence electrons. The largest absolute Gasteiger partial charge is 0.465 e. The first-order chi connectivity index (χ1) is 7.69. The van der Waals surface area contributed by atoms with Gasteiger partial charge in [0.1, 0.15) is 5.82 Å². The van der Waals surface area contributed by atoms with Crippen LogP contribution in [0.2, 0.25) is 0 Å². The molecule has 0 radical (unpaired) electrons. The van der Waals surface area contributed by atoms with Gasteiger partial charge in [-0.2, -0.15) is 0 Å². The molecule has 0 unspecified atom stereocenters. The van der Waals surface area contributed by atoms with Crippen LogP contribution in [-0.4, -0.2) is 26.7 Å². The minimum absolute atomic E-state index is 0.0818. The predicted octanol–water partition coefficient (Wildman–Crippen LogP) is 1.18. The summed E-state index contributed by atoms with van der Waals surface area (Å²) in [6.45, 7) is 0.528. The molecule has 4 heteroatoms. The molecule has 0 amide bonds. The Hall–Kier alpha value is -1.86. The summed E-state index contributed by atoms with van der Waals surface area (Å²) in [7, 11) is 2.98. The zero-order chi connectivity index (χ0) is 12.0. The number of halogens is 1. The first-order valence-corrected chi connectivity index (χ1v) is 4.70. The molecular formula is C12H12FNO2. The van der Waals surface area contributed by atoms with Gasteiger partial charge in [0.05, 0.1) is 19.2 Å². The fourth-order valence-electron chi connectivity index (χ4n) is 1.10. The summed E-state index contributed by atoms with van der Waals surface area (Å²) >= 11 is 0. The Labute approximate surface area is 93.6 Å². The van der Waals surface area contributed by atoms with Crippen molar-refractivity contribution >= 4 is 5.97 Å². The molecule has 0 saturated carbocycles. The zero-order valence-electron chi connectivity index (χ0n) is 9.13. The topological polar surface area (TPSA) is 38.3 Å². The van der Waals surface area contributed by atoms with Gasteiger partial charge in [0.2, 0.25) is 0 Å². The van der Waals surface area contributed by atoms with Crippen molar-refractivity contribution in [3.8, 4) is 11.8 Å². The molecule has 0 aliphatic heterocycles. The summed E-state index contributed by atoms with van der Waals surface area (Å²) in [4.78, 5) is 11.1. The summed E-state index contributed by atoms with van der Waals surface area (Å²) in [5, 5.41) is 2.85. The highest BCUT2D eigenvalue weighted by atomic mass is 19.1. The molecule has 1 aromatic rings. The normalized spacial score (nSPS) is 9.19. The second-order valence-electron chi connectivity index (χ2n) is 3.02. The number of esters is 1. The Morgan fingerprint density at radius 1 is 1.56 bits per heavy atom. The van der Waals surface area contributed by atoms with Crippen molar-refractivity contribution in [3.05, 3.63) is 35.1 Å². The van der Waals surface area contributed by atoms with E-state index in [9.17, 15) is 9.18 Å². The number of benzene rings is 1. The Kier molecular flexibility index (Phi) is 4.49. The quantitative estimate of drug-likeness (QED) is 0.602. The average Bonchev–Trinajstić information content (AvgIpc) is 2.29. The van der Waals surface area contributed by atoms with Gasteiger partial charge in [-0.1, -0.05) is 11.8 Å². The second kappa shape index (κ2) is 5.89. The first kappa shape index (κ1) is 12.2. The lowest BCUT2D eigenvalue weighted by atomic mass is 10.1. The molecule has 1 N–H and O–H groups in total. The third-order valence-corrected chi connectivity index (χ3v) is 1.87. The van der Waals surface area contributed by atoms with Crippen LogP contribution in [0.4, 0.5) is 4.39 Å². The highest BCUT2D eigenvalue weighted by Gasteiger charge is 2.11. The number of rotatable bonds is 2. The van der Waals surface area contributed by atoms with Gasteiger partial charge in [-0.05, 0) is 25.2 Å². The van der Waals surface area contributed by atoms with E-state index in [-0.39, 0.29) is 5.56 Å². The lowest BCUT2D eigenvalue weighted by Crippen LogP contribution is -2.05. The first-order valence-electron chi connectivity index (χ1n) is 4.70. The van der Waals surface area contributed by atoms with Crippen LogP contribution in [0.15, 0.2) is 18.2 Å². The summed E-state index contributed by atoms with van der Waals surface area (Å²) in [6, 6.07) is 4.16. The number of carbonyl (C=O) groups is 1. The monoisotopic (exact) mass is 221 g/mol. The average molecular weight is 221 g/mol.